The van der Waals surface area contributed by atoms with Crippen LogP contribution < -0.4 is 0 Å². The summed E-state index contributed by atoms with van der Waals surface area (Å²) in [7, 11) is 0. The van der Waals surface area contributed by atoms with E-state index >= 15 is 0 Å². The summed E-state index contributed by atoms with van der Waals surface area (Å²) in [6.45, 7) is 6.36. The third-order valence-corrected chi connectivity index (χ3v) is 1.51. The first-order valence-corrected chi connectivity index (χ1v) is 4.77. The number of hydrogen-bond acceptors (Lipinski definition) is 4. The summed E-state index contributed by atoms with van der Waals surface area (Å²) in [5.74, 6) is -0.434. The lowest BCUT2D eigenvalue weighted by molar-refractivity contribution is -0.203. The van der Waals surface area contributed by atoms with Gasteiger partial charge in [0.15, 0.2) is 0 Å². The third kappa shape index (κ3) is 5.16. The molecule has 0 rings (SSSR count). The molecule has 0 heterocycles. The van der Waals surface area contributed by atoms with E-state index in [0.717, 1.165) is 0 Å². The maximum Gasteiger partial charge on any atom is 0.272 e. The van der Waals surface area contributed by atoms with Crippen molar-refractivity contribution in [3.8, 4) is 0 Å². The molecule has 0 fully saturated rings. The molecule has 0 aliphatic carbocycles. The van der Waals surface area contributed by atoms with Crippen LogP contribution in [0.1, 0.15) is 20.8 Å². The summed E-state index contributed by atoms with van der Waals surface area (Å²) in [6.07, 6.45) is 0. The molecule has 14 heavy (non-hydrogen) atoms. The molecular formula is C9H19NO4. The van der Waals surface area contributed by atoms with E-state index in [9.17, 15) is 4.79 Å². The Hall–Kier alpha value is -0.650. The number of carbonyl (C=O) groups excluding carboxylic acids is 1. The molecule has 0 saturated heterocycles. The second-order valence-electron chi connectivity index (χ2n) is 3.00. The predicted molar refractivity (Wildman–Crippen MR) is 51.5 cm³/mol. The summed E-state index contributed by atoms with van der Waals surface area (Å²) in [6, 6.07) is -0.0868. The van der Waals surface area contributed by atoms with Gasteiger partial charge in [-0.2, -0.15) is 0 Å². The summed E-state index contributed by atoms with van der Waals surface area (Å²) >= 11 is 0. The van der Waals surface area contributed by atoms with Crippen LogP contribution in [0.25, 0.3) is 0 Å². The molecule has 0 atom stereocenters. The van der Waals surface area contributed by atoms with E-state index in [-0.39, 0.29) is 6.04 Å². The molecule has 0 radical (unpaired) electrons. The molecular weight excluding hydrogens is 186 g/mol. The van der Waals surface area contributed by atoms with Crippen LogP contribution >= 0.6 is 0 Å². The lowest BCUT2D eigenvalue weighted by Gasteiger charge is -2.24. The van der Waals surface area contributed by atoms with Crippen molar-refractivity contribution < 1.29 is 19.5 Å². The van der Waals surface area contributed by atoms with Gasteiger partial charge in [0, 0.05) is 6.61 Å². The molecule has 84 valence electrons. The first-order valence-electron chi connectivity index (χ1n) is 4.77. The number of ether oxygens (including phenoxy) is 1. The number of carbonyl (C=O) groups is 1. The smallest absolute Gasteiger partial charge is 0.272 e. The normalized spacial score (nSPS) is 10.6. The largest absolute Gasteiger partial charge is 0.386 e. The van der Waals surface area contributed by atoms with Crippen LogP contribution in [0.3, 0.4) is 0 Å². The van der Waals surface area contributed by atoms with Gasteiger partial charge in [0.1, 0.15) is 6.61 Å². The van der Waals surface area contributed by atoms with Crippen LogP contribution in [0.4, 0.5) is 0 Å². The number of aliphatic hydroxyl groups excluding tert-OH is 1. The first kappa shape index (κ1) is 13.4. The van der Waals surface area contributed by atoms with Crippen LogP contribution in [-0.4, -0.2) is 48.5 Å². The Labute approximate surface area is 84.6 Å². The Morgan fingerprint density at radius 1 is 1.43 bits per heavy atom. The Bertz CT molecular complexity index is 161. The van der Waals surface area contributed by atoms with Crippen LogP contribution in [-0.2, 0) is 14.4 Å². The zero-order valence-corrected chi connectivity index (χ0v) is 9.02. The number of hydroxylamine groups is 2. The van der Waals surface area contributed by atoms with Crippen molar-refractivity contribution in [2.75, 3.05) is 26.4 Å². The number of rotatable bonds is 7. The van der Waals surface area contributed by atoms with E-state index in [2.05, 4.69) is 0 Å². The van der Waals surface area contributed by atoms with Gasteiger partial charge >= 0.3 is 0 Å². The van der Waals surface area contributed by atoms with Crippen molar-refractivity contribution in [2.45, 2.75) is 26.8 Å². The molecule has 0 aromatic heterocycles. The van der Waals surface area contributed by atoms with Gasteiger partial charge < -0.3 is 9.84 Å². The van der Waals surface area contributed by atoms with Crippen molar-refractivity contribution in [1.82, 2.24) is 5.06 Å². The molecule has 5 heteroatoms. The minimum absolute atomic E-state index is 0.0868. The fraction of sp³-hybridized carbons (Fsp3) is 0.889. The molecule has 0 aliphatic heterocycles. The molecule has 0 aromatic rings. The number of nitrogens with zero attached hydrogens (tertiary/aromatic N) is 1. The summed E-state index contributed by atoms with van der Waals surface area (Å²) in [5, 5.41) is 9.82. The van der Waals surface area contributed by atoms with Gasteiger partial charge in [0.05, 0.1) is 19.3 Å². The second-order valence-corrected chi connectivity index (χ2v) is 3.00. The van der Waals surface area contributed by atoms with Crippen molar-refractivity contribution >= 4 is 5.91 Å². The maximum absolute atomic E-state index is 11.1. The van der Waals surface area contributed by atoms with Crippen LogP contribution in [0.15, 0.2) is 0 Å². The SMILES string of the molecule is CCOCCON(C(=O)CO)C(C)C. The number of amides is 1. The van der Waals surface area contributed by atoms with Crippen LogP contribution in [0, 0.1) is 0 Å². The van der Waals surface area contributed by atoms with E-state index in [4.69, 9.17) is 14.7 Å². The average Bonchev–Trinajstić information content (AvgIpc) is 2.16. The topological polar surface area (TPSA) is 59.0 Å². The van der Waals surface area contributed by atoms with Gasteiger partial charge in [0.2, 0.25) is 0 Å². The van der Waals surface area contributed by atoms with Gasteiger partial charge in [-0.1, -0.05) is 0 Å². The molecule has 0 spiro atoms. The molecule has 0 bridgehead atoms. The fourth-order valence-electron chi connectivity index (χ4n) is 0.918. The number of aliphatic hydroxyl groups is 1. The summed E-state index contributed by atoms with van der Waals surface area (Å²) in [4.78, 5) is 16.3. The molecule has 0 saturated carbocycles. The highest BCUT2D eigenvalue weighted by atomic mass is 16.7. The average molecular weight is 205 g/mol. The summed E-state index contributed by atoms with van der Waals surface area (Å²) in [5.41, 5.74) is 0. The lowest BCUT2D eigenvalue weighted by atomic mass is 10.4. The quantitative estimate of drug-likeness (QED) is 0.476. The van der Waals surface area contributed by atoms with Crippen LogP contribution in [0.2, 0.25) is 0 Å². The van der Waals surface area contributed by atoms with E-state index in [1.165, 1.54) is 5.06 Å². The van der Waals surface area contributed by atoms with E-state index < -0.39 is 12.5 Å². The highest BCUT2D eigenvalue weighted by Gasteiger charge is 2.16. The Kier molecular flexibility index (Phi) is 7.37. The third-order valence-electron chi connectivity index (χ3n) is 1.51. The van der Waals surface area contributed by atoms with Crippen molar-refractivity contribution in [2.24, 2.45) is 0 Å². The maximum atomic E-state index is 11.1. The van der Waals surface area contributed by atoms with E-state index in [1.54, 1.807) is 0 Å². The van der Waals surface area contributed by atoms with E-state index in [1.807, 2.05) is 20.8 Å². The lowest BCUT2D eigenvalue weighted by Crippen LogP contribution is -2.39. The zero-order valence-electron chi connectivity index (χ0n) is 9.02. The van der Waals surface area contributed by atoms with Gasteiger partial charge in [0.25, 0.3) is 5.91 Å². The number of hydrogen-bond donors (Lipinski definition) is 1. The minimum atomic E-state index is -0.535. The first-order chi connectivity index (χ1) is 6.63. The highest BCUT2D eigenvalue weighted by molar-refractivity contribution is 5.76. The Balaban J connectivity index is 3.80. The fourth-order valence-corrected chi connectivity index (χ4v) is 0.918. The minimum Gasteiger partial charge on any atom is -0.386 e. The summed E-state index contributed by atoms with van der Waals surface area (Å²) < 4.78 is 5.05. The Morgan fingerprint density at radius 2 is 2.07 bits per heavy atom. The monoisotopic (exact) mass is 205 g/mol. The molecule has 0 aliphatic rings. The molecule has 1 amide bonds. The molecule has 0 aromatic carbocycles. The van der Waals surface area contributed by atoms with Crippen molar-refractivity contribution in [3.63, 3.8) is 0 Å². The van der Waals surface area contributed by atoms with Crippen molar-refractivity contribution in [1.29, 1.82) is 0 Å². The Morgan fingerprint density at radius 3 is 2.50 bits per heavy atom. The van der Waals surface area contributed by atoms with Gasteiger partial charge in [-0.25, -0.2) is 5.06 Å². The van der Waals surface area contributed by atoms with Crippen molar-refractivity contribution in [3.05, 3.63) is 0 Å². The molecule has 0 unspecified atom stereocenters. The standard InChI is InChI=1S/C9H19NO4/c1-4-13-5-6-14-10(8(2)3)9(12)7-11/h8,11H,4-7H2,1-3H3. The highest BCUT2D eigenvalue weighted by Crippen LogP contribution is 1.99. The zero-order chi connectivity index (χ0) is 11.0. The van der Waals surface area contributed by atoms with E-state index in [0.29, 0.717) is 19.8 Å². The predicted octanol–water partition coefficient (Wildman–Crippen LogP) is 0.184. The van der Waals surface area contributed by atoms with Gasteiger partial charge in [-0.15, -0.1) is 0 Å². The molecule has 5 nitrogen and oxygen atoms in total. The van der Waals surface area contributed by atoms with Gasteiger partial charge in [-0.05, 0) is 20.8 Å². The van der Waals surface area contributed by atoms with Crippen LogP contribution in [0.5, 0.6) is 0 Å². The van der Waals surface area contributed by atoms with Gasteiger partial charge in [-0.3, -0.25) is 9.63 Å². The second kappa shape index (κ2) is 7.73. The molecule has 1 N–H and O–H groups in total.